The highest BCUT2D eigenvalue weighted by molar-refractivity contribution is 7.21. The molecule has 1 unspecified atom stereocenters. The third kappa shape index (κ3) is 3.82. The average molecular weight is 447 g/mol. The van der Waals surface area contributed by atoms with Crippen molar-refractivity contribution < 1.29 is 9.32 Å². The third-order valence-corrected chi connectivity index (χ3v) is 7.56. The van der Waals surface area contributed by atoms with Gasteiger partial charge in [-0.3, -0.25) is 9.69 Å². The van der Waals surface area contributed by atoms with E-state index >= 15 is 0 Å². The van der Waals surface area contributed by atoms with Gasteiger partial charge < -0.3 is 9.42 Å². The molecule has 0 bridgehead atoms. The lowest BCUT2D eigenvalue weighted by molar-refractivity contribution is 0.0555. The predicted molar refractivity (Wildman–Crippen MR) is 127 cm³/mol. The van der Waals surface area contributed by atoms with E-state index in [-0.39, 0.29) is 11.9 Å². The molecule has 0 saturated carbocycles. The summed E-state index contributed by atoms with van der Waals surface area (Å²) in [6, 6.07) is 16.3. The first-order valence-corrected chi connectivity index (χ1v) is 11.7. The molecule has 1 fully saturated rings. The van der Waals surface area contributed by atoms with E-state index in [0.29, 0.717) is 24.8 Å². The minimum absolute atomic E-state index is 0.00464. The topological polar surface area (TPSA) is 62.5 Å². The summed E-state index contributed by atoms with van der Waals surface area (Å²) in [6.45, 7) is 9.12. The number of benzene rings is 2. The van der Waals surface area contributed by atoms with E-state index < -0.39 is 0 Å². The summed E-state index contributed by atoms with van der Waals surface area (Å²) in [6.07, 6.45) is 0. The number of rotatable bonds is 4. The Labute approximate surface area is 191 Å². The number of carbonyl (C=O) groups is 1. The number of aromatic nitrogens is 2. The van der Waals surface area contributed by atoms with E-state index in [9.17, 15) is 4.79 Å². The second-order valence-corrected chi connectivity index (χ2v) is 9.43. The smallest absolute Gasteiger partial charge is 0.264 e. The summed E-state index contributed by atoms with van der Waals surface area (Å²) >= 11 is 1.59. The zero-order valence-electron chi connectivity index (χ0n) is 18.5. The number of hydrogen-bond donors (Lipinski definition) is 0. The minimum atomic E-state index is 0.00464. The number of nitrogens with zero attached hydrogens (tertiary/aromatic N) is 4. The molecule has 7 heteroatoms. The van der Waals surface area contributed by atoms with E-state index in [4.69, 9.17) is 4.52 Å². The van der Waals surface area contributed by atoms with Crippen LogP contribution in [0.3, 0.4) is 0 Å². The van der Waals surface area contributed by atoms with Gasteiger partial charge in [-0.25, -0.2) is 0 Å². The zero-order valence-corrected chi connectivity index (χ0v) is 19.4. The lowest BCUT2D eigenvalue weighted by Crippen LogP contribution is -2.49. The molecular formula is C25H26N4O2S. The summed E-state index contributed by atoms with van der Waals surface area (Å²) in [5, 5.41) is 5.34. The maximum absolute atomic E-state index is 13.2. The Morgan fingerprint density at radius 2 is 1.75 bits per heavy atom. The van der Waals surface area contributed by atoms with Gasteiger partial charge in [-0.05, 0) is 37.8 Å². The molecule has 0 aliphatic carbocycles. The van der Waals surface area contributed by atoms with Crippen molar-refractivity contribution in [2.75, 3.05) is 26.2 Å². The Bertz CT molecular complexity index is 1250. The average Bonchev–Trinajstić information content (AvgIpc) is 3.44. The van der Waals surface area contributed by atoms with Crippen molar-refractivity contribution in [3.63, 3.8) is 0 Å². The minimum Gasteiger partial charge on any atom is -0.337 e. The molecule has 1 saturated heterocycles. The second kappa shape index (κ2) is 8.48. The van der Waals surface area contributed by atoms with Gasteiger partial charge in [0, 0.05) is 36.4 Å². The molecule has 3 heterocycles. The lowest BCUT2D eigenvalue weighted by Gasteiger charge is -2.36. The van der Waals surface area contributed by atoms with Gasteiger partial charge in [0.05, 0.1) is 10.9 Å². The molecule has 1 atom stereocenters. The summed E-state index contributed by atoms with van der Waals surface area (Å²) in [5.41, 5.74) is 3.23. The van der Waals surface area contributed by atoms with Crippen molar-refractivity contribution in [2.24, 2.45) is 0 Å². The van der Waals surface area contributed by atoms with Crippen molar-refractivity contribution in [1.82, 2.24) is 19.9 Å². The number of fused-ring (bicyclic) bond motifs is 1. The van der Waals surface area contributed by atoms with E-state index in [0.717, 1.165) is 29.1 Å². The maximum atomic E-state index is 13.2. The first-order valence-electron chi connectivity index (χ1n) is 10.9. The van der Waals surface area contributed by atoms with Crippen molar-refractivity contribution in [2.45, 2.75) is 26.8 Å². The van der Waals surface area contributed by atoms with Gasteiger partial charge in [-0.1, -0.05) is 53.2 Å². The van der Waals surface area contributed by atoms with Crippen LogP contribution in [0.25, 0.3) is 21.5 Å². The van der Waals surface area contributed by atoms with Gasteiger partial charge in [-0.2, -0.15) is 4.98 Å². The fraction of sp³-hybridized carbons (Fsp3) is 0.320. The molecule has 0 N–H and O–H groups in total. The maximum Gasteiger partial charge on any atom is 0.264 e. The van der Waals surface area contributed by atoms with Crippen LogP contribution in [0.5, 0.6) is 0 Å². The Morgan fingerprint density at radius 3 is 2.47 bits per heavy atom. The van der Waals surface area contributed by atoms with E-state index in [1.807, 2.05) is 48.2 Å². The molecule has 4 aromatic rings. The Morgan fingerprint density at radius 1 is 1.03 bits per heavy atom. The van der Waals surface area contributed by atoms with Crippen LogP contribution < -0.4 is 0 Å². The van der Waals surface area contributed by atoms with E-state index in [1.165, 1.54) is 15.6 Å². The summed E-state index contributed by atoms with van der Waals surface area (Å²) in [5.74, 6) is 1.36. The van der Waals surface area contributed by atoms with Crippen molar-refractivity contribution in [3.8, 4) is 11.4 Å². The van der Waals surface area contributed by atoms with Gasteiger partial charge in [0.15, 0.2) is 0 Å². The summed E-state index contributed by atoms with van der Waals surface area (Å²) in [4.78, 5) is 22.9. The molecule has 164 valence electrons. The number of carbonyl (C=O) groups excluding carboxylic acids is 1. The predicted octanol–water partition coefficient (Wildman–Crippen LogP) is 5.09. The highest BCUT2D eigenvalue weighted by Crippen LogP contribution is 2.32. The molecular weight excluding hydrogens is 420 g/mol. The fourth-order valence-electron chi connectivity index (χ4n) is 4.22. The van der Waals surface area contributed by atoms with Crippen LogP contribution in [-0.2, 0) is 0 Å². The quantitative estimate of drug-likeness (QED) is 0.437. The molecule has 1 aliphatic rings. The van der Waals surface area contributed by atoms with Gasteiger partial charge >= 0.3 is 0 Å². The molecule has 0 radical (unpaired) electrons. The van der Waals surface area contributed by atoms with Crippen molar-refractivity contribution >= 4 is 27.3 Å². The van der Waals surface area contributed by atoms with Gasteiger partial charge in [0.2, 0.25) is 11.7 Å². The van der Waals surface area contributed by atoms with Crippen LogP contribution in [-0.4, -0.2) is 52.0 Å². The van der Waals surface area contributed by atoms with E-state index in [2.05, 4.69) is 41.0 Å². The lowest BCUT2D eigenvalue weighted by atomic mass is 10.1. The SMILES string of the molecule is Cc1ccc(-c2noc(C(C)N3CCN(C(=O)c4sc5ccccc5c4C)CC3)n2)cc1. The second-order valence-electron chi connectivity index (χ2n) is 8.38. The fourth-order valence-corrected chi connectivity index (χ4v) is 5.39. The molecule has 0 spiro atoms. The van der Waals surface area contributed by atoms with Crippen LogP contribution in [0.15, 0.2) is 53.1 Å². The first kappa shape index (κ1) is 20.8. The van der Waals surface area contributed by atoms with Crippen LogP contribution in [0.4, 0.5) is 0 Å². The normalized spacial score (nSPS) is 15.9. The van der Waals surface area contributed by atoms with Crippen LogP contribution >= 0.6 is 11.3 Å². The number of thiophene rings is 1. The molecule has 2 aromatic heterocycles. The summed E-state index contributed by atoms with van der Waals surface area (Å²) in [7, 11) is 0. The largest absolute Gasteiger partial charge is 0.337 e. The molecule has 5 rings (SSSR count). The van der Waals surface area contributed by atoms with Crippen LogP contribution in [0.2, 0.25) is 0 Å². The highest BCUT2D eigenvalue weighted by atomic mass is 32.1. The Hall–Kier alpha value is -3.03. The Kier molecular flexibility index (Phi) is 5.53. The molecule has 6 nitrogen and oxygen atoms in total. The third-order valence-electron chi connectivity index (χ3n) is 6.30. The summed E-state index contributed by atoms with van der Waals surface area (Å²) < 4.78 is 6.74. The number of amides is 1. The standard InChI is InChI=1S/C25H26N4O2S/c1-16-8-10-19(11-9-16)23-26-24(31-27-23)18(3)28-12-14-29(15-13-28)25(30)22-17(2)20-6-4-5-7-21(20)32-22/h4-11,18H,12-15H2,1-3H3. The number of aryl methyl sites for hydroxylation is 2. The van der Waals surface area contributed by atoms with Crippen LogP contribution in [0.1, 0.15) is 39.7 Å². The van der Waals surface area contributed by atoms with Crippen molar-refractivity contribution in [1.29, 1.82) is 0 Å². The van der Waals surface area contributed by atoms with Gasteiger partial charge in [0.25, 0.3) is 5.91 Å². The van der Waals surface area contributed by atoms with Crippen LogP contribution in [0, 0.1) is 13.8 Å². The zero-order chi connectivity index (χ0) is 22.2. The molecule has 1 aliphatic heterocycles. The van der Waals surface area contributed by atoms with Gasteiger partial charge in [-0.15, -0.1) is 11.3 Å². The number of piperazine rings is 1. The monoisotopic (exact) mass is 446 g/mol. The molecule has 32 heavy (non-hydrogen) atoms. The molecule has 1 amide bonds. The van der Waals surface area contributed by atoms with Crippen molar-refractivity contribution in [3.05, 3.63) is 70.4 Å². The number of hydrogen-bond acceptors (Lipinski definition) is 6. The Balaban J connectivity index is 1.25. The highest BCUT2D eigenvalue weighted by Gasteiger charge is 2.29. The van der Waals surface area contributed by atoms with Gasteiger partial charge in [0.1, 0.15) is 0 Å². The first-order chi connectivity index (χ1) is 15.5. The van der Waals surface area contributed by atoms with E-state index in [1.54, 1.807) is 11.3 Å². The molecule has 2 aromatic carbocycles.